The summed E-state index contributed by atoms with van der Waals surface area (Å²) < 4.78 is 0. The van der Waals surface area contributed by atoms with Crippen molar-refractivity contribution >= 4 is 11.9 Å². The molecule has 3 N–H and O–H groups in total. The largest absolute Gasteiger partial charge is 0.478 e. The zero-order chi connectivity index (χ0) is 18.0. The van der Waals surface area contributed by atoms with Gasteiger partial charge in [0.2, 0.25) is 0 Å². The Balaban J connectivity index is 2.01. The van der Waals surface area contributed by atoms with E-state index in [0.717, 1.165) is 0 Å². The van der Waals surface area contributed by atoms with Gasteiger partial charge in [-0.25, -0.2) is 19.4 Å². The molecule has 3 aromatic rings. The molecule has 0 fully saturated rings. The van der Waals surface area contributed by atoms with Crippen molar-refractivity contribution in [2.45, 2.75) is 0 Å². The zero-order valence-electron chi connectivity index (χ0n) is 12.6. The van der Waals surface area contributed by atoms with Gasteiger partial charge in [0.15, 0.2) is 5.82 Å². The maximum atomic E-state index is 11.8. The molecule has 8 nitrogen and oxygen atoms in total. The van der Waals surface area contributed by atoms with E-state index in [9.17, 15) is 14.4 Å². The van der Waals surface area contributed by atoms with Crippen LogP contribution in [0.3, 0.4) is 0 Å². The second-order valence-corrected chi connectivity index (χ2v) is 5.09. The van der Waals surface area contributed by atoms with Crippen LogP contribution < -0.4 is 5.69 Å². The number of carbonyl (C=O) groups is 2. The molecule has 0 bridgehead atoms. The minimum atomic E-state index is -1.06. The predicted molar refractivity (Wildman–Crippen MR) is 87.4 cm³/mol. The summed E-state index contributed by atoms with van der Waals surface area (Å²) in [5, 5.41) is 17.8. The lowest BCUT2D eigenvalue weighted by molar-refractivity contribution is 0.0686. The number of aromatic amines is 1. The van der Waals surface area contributed by atoms with Gasteiger partial charge in [-0.05, 0) is 24.3 Å². The molecule has 25 heavy (non-hydrogen) atoms. The van der Waals surface area contributed by atoms with Gasteiger partial charge in [0, 0.05) is 11.1 Å². The minimum absolute atomic E-state index is 0.109. The van der Waals surface area contributed by atoms with E-state index in [-0.39, 0.29) is 22.8 Å². The Hall–Kier alpha value is -3.81. The number of nitrogens with zero attached hydrogens (tertiary/aromatic N) is 2. The maximum absolute atomic E-state index is 11.8. The van der Waals surface area contributed by atoms with Gasteiger partial charge in [0.25, 0.3) is 0 Å². The fourth-order valence-corrected chi connectivity index (χ4v) is 2.18. The van der Waals surface area contributed by atoms with E-state index in [1.807, 2.05) is 0 Å². The Morgan fingerprint density at radius 3 is 1.72 bits per heavy atom. The van der Waals surface area contributed by atoms with Crippen LogP contribution in [-0.2, 0) is 0 Å². The van der Waals surface area contributed by atoms with Crippen LogP contribution in [0.4, 0.5) is 0 Å². The lowest BCUT2D eigenvalue weighted by Crippen LogP contribution is -2.14. The first-order valence-electron chi connectivity index (χ1n) is 7.10. The summed E-state index contributed by atoms with van der Waals surface area (Å²) in [4.78, 5) is 44.1. The third-order valence-corrected chi connectivity index (χ3v) is 3.45. The third-order valence-electron chi connectivity index (χ3n) is 3.45. The average molecular weight is 337 g/mol. The highest BCUT2D eigenvalue weighted by atomic mass is 16.4. The SMILES string of the molecule is O=C(O)c1ccc(-c2nc(-c3ccc(C(=O)O)cc3)[nH]c(=O)n2)cc1. The molecule has 8 heteroatoms. The second-order valence-electron chi connectivity index (χ2n) is 5.09. The average Bonchev–Trinajstić information content (AvgIpc) is 2.61. The van der Waals surface area contributed by atoms with E-state index >= 15 is 0 Å². The Morgan fingerprint density at radius 2 is 1.24 bits per heavy atom. The lowest BCUT2D eigenvalue weighted by Gasteiger charge is -2.05. The summed E-state index contributed by atoms with van der Waals surface area (Å²) in [6.45, 7) is 0. The van der Waals surface area contributed by atoms with Gasteiger partial charge < -0.3 is 10.2 Å². The van der Waals surface area contributed by atoms with E-state index < -0.39 is 17.6 Å². The van der Waals surface area contributed by atoms with Gasteiger partial charge in [0.1, 0.15) is 5.82 Å². The summed E-state index contributed by atoms with van der Waals surface area (Å²) in [6.07, 6.45) is 0. The number of benzene rings is 2. The van der Waals surface area contributed by atoms with E-state index in [1.165, 1.54) is 48.5 Å². The monoisotopic (exact) mass is 337 g/mol. The van der Waals surface area contributed by atoms with Gasteiger partial charge >= 0.3 is 17.6 Å². The van der Waals surface area contributed by atoms with Gasteiger partial charge in [-0.15, -0.1) is 0 Å². The number of rotatable bonds is 4. The Kier molecular flexibility index (Phi) is 4.09. The molecule has 0 aliphatic carbocycles. The fraction of sp³-hybridized carbons (Fsp3) is 0. The molecule has 0 atom stereocenters. The molecule has 124 valence electrons. The van der Waals surface area contributed by atoms with Gasteiger partial charge in [-0.2, -0.15) is 4.98 Å². The first kappa shape index (κ1) is 16.1. The summed E-state index contributed by atoms with van der Waals surface area (Å²) in [7, 11) is 0. The Morgan fingerprint density at radius 1 is 0.760 bits per heavy atom. The van der Waals surface area contributed by atoms with Crippen molar-refractivity contribution < 1.29 is 19.8 Å². The van der Waals surface area contributed by atoms with Gasteiger partial charge in [0.05, 0.1) is 11.1 Å². The van der Waals surface area contributed by atoms with Crippen molar-refractivity contribution in [2.24, 2.45) is 0 Å². The van der Waals surface area contributed by atoms with Crippen LogP contribution >= 0.6 is 0 Å². The molecular formula is C17H11N3O5. The molecule has 1 aromatic heterocycles. The van der Waals surface area contributed by atoms with Gasteiger partial charge in [-0.1, -0.05) is 24.3 Å². The second kappa shape index (κ2) is 6.36. The maximum Gasteiger partial charge on any atom is 0.348 e. The molecule has 0 aliphatic rings. The summed E-state index contributed by atoms with van der Waals surface area (Å²) in [6, 6.07) is 11.7. The molecule has 1 heterocycles. The Labute approximate surface area is 140 Å². The smallest absolute Gasteiger partial charge is 0.348 e. The van der Waals surface area contributed by atoms with Crippen LogP contribution in [0.5, 0.6) is 0 Å². The molecule has 0 unspecified atom stereocenters. The van der Waals surface area contributed by atoms with Crippen molar-refractivity contribution in [3.05, 3.63) is 70.1 Å². The highest BCUT2D eigenvalue weighted by Crippen LogP contribution is 2.19. The quantitative estimate of drug-likeness (QED) is 0.662. The van der Waals surface area contributed by atoms with E-state index in [1.54, 1.807) is 0 Å². The third kappa shape index (κ3) is 3.42. The number of H-pyrrole nitrogens is 1. The van der Waals surface area contributed by atoms with Crippen LogP contribution in [0.25, 0.3) is 22.8 Å². The first-order valence-corrected chi connectivity index (χ1v) is 7.10. The van der Waals surface area contributed by atoms with Crippen LogP contribution in [0, 0.1) is 0 Å². The molecule has 3 rings (SSSR count). The van der Waals surface area contributed by atoms with Crippen molar-refractivity contribution in [3.63, 3.8) is 0 Å². The van der Waals surface area contributed by atoms with Gasteiger partial charge in [-0.3, -0.25) is 4.98 Å². The summed E-state index contributed by atoms with van der Waals surface area (Å²) >= 11 is 0. The van der Waals surface area contributed by atoms with Crippen molar-refractivity contribution in [1.29, 1.82) is 0 Å². The molecule has 2 aromatic carbocycles. The number of nitrogens with one attached hydrogen (secondary N) is 1. The van der Waals surface area contributed by atoms with E-state index in [0.29, 0.717) is 11.1 Å². The number of hydrogen-bond acceptors (Lipinski definition) is 5. The molecule has 0 saturated carbocycles. The highest BCUT2D eigenvalue weighted by molar-refractivity contribution is 5.88. The Bertz CT molecular complexity index is 929. The molecule has 0 radical (unpaired) electrons. The number of carboxylic acid groups (broad SMARTS) is 2. The summed E-state index contributed by atoms with van der Waals surface area (Å²) in [5.74, 6) is -1.74. The van der Waals surface area contributed by atoms with Crippen molar-refractivity contribution in [1.82, 2.24) is 15.0 Å². The van der Waals surface area contributed by atoms with Crippen LogP contribution in [0.2, 0.25) is 0 Å². The molecule has 0 saturated heterocycles. The zero-order valence-corrected chi connectivity index (χ0v) is 12.6. The normalized spacial score (nSPS) is 10.4. The van der Waals surface area contributed by atoms with Crippen LogP contribution in [0.15, 0.2) is 53.3 Å². The summed E-state index contributed by atoms with van der Waals surface area (Å²) in [5.41, 5.74) is 0.611. The number of aromatic carboxylic acids is 2. The number of hydrogen-bond donors (Lipinski definition) is 3. The van der Waals surface area contributed by atoms with Crippen LogP contribution in [0.1, 0.15) is 20.7 Å². The molecule has 0 amide bonds. The van der Waals surface area contributed by atoms with Crippen molar-refractivity contribution in [3.8, 4) is 22.8 Å². The fourth-order valence-electron chi connectivity index (χ4n) is 2.18. The standard InChI is InChI=1S/C17H11N3O5/c21-15(22)11-5-1-9(2-6-11)13-18-14(20-17(25)19-13)10-3-7-12(8-4-10)16(23)24/h1-8H,(H,21,22)(H,23,24)(H,18,19,20,25). The van der Waals surface area contributed by atoms with E-state index in [4.69, 9.17) is 10.2 Å². The first-order chi connectivity index (χ1) is 11.9. The van der Waals surface area contributed by atoms with Crippen molar-refractivity contribution in [2.75, 3.05) is 0 Å². The minimum Gasteiger partial charge on any atom is -0.478 e. The molecule has 0 spiro atoms. The van der Waals surface area contributed by atoms with Crippen LogP contribution in [-0.4, -0.2) is 37.1 Å². The molecular weight excluding hydrogens is 326 g/mol. The van der Waals surface area contributed by atoms with E-state index in [2.05, 4.69) is 15.0 Å². The lowest BCUT2D eigenvalue weighted by atomic mass is 10.1. The highest BCUT2D eigenvalue weighted by Gasteiger charge is 2.10. The number of aromatic nitrogens is 3. The topological polar surface area (TPSA) is 133 Å². The number of carboxylic acids is 2. The predicted octanol–water partition coefficient (Wildman–Crippen LogP) is 1.90. The molecule has 0 aliphatic heterocycles.